The van der Waals surface area contributed by atoms with Crippen molar-refractivity contribution in [3.8, 4) is 0 Å². The number of hydrogen-bond donors (Lipinski definition) is 0. The largest absolute Gasteiger partial charge is 0.274 e. The summed E-state index contributed by atoms with van der Waals surface area (Å²) in [6, 6.07) is 8.16. The lowest BCUT2D eigenvalue weighted by molar-refractivity contribution is 0.134. The van der Waals surface area contributed by atoms with Gasteiger partial charge >= 0.3 is 0 Å². The lowest BCUT2D eigenvalue weighted by Gasteiger charge is -2.19. The molecule has 0 saturated carbocycles. The molecule has 0 bridgehead atoms. The third-order valence-electron chi connectivity index (χ3n) is 1.78. The Kier molecular flexibility index (Phi) is 3.11. The highest BCUT2D eigenvalue weighted by atomic mass is 16.7. The van der Waals surface area contributed by atoms with E-state index in [4.69, 9.17) is 4.84 Å². The van der Waals surface area contributed by atoms with Crippen LogP contribution >= 0.6 is 0 Å². The Balaban J connectivity index is 2.79. The molecule has 0 spiro atoms. The Bertz CT molecular complexity index is 247. The predicted molar refractivity (Wildman–Crippen MR) is 51.2 cm³/mol. The molecule has 66 valence electrons. The van der Waals surface area contributed by atoms with E-state index in [0.717, 1.165) is 5.69 Å². The molecule has 0 unspecified atom stereocenters. The van der Waals surface area contributed by atoms with Crippen molar-refractivity contribution in [3.63, 3.8) is 0 Å². The average Bonchev–Trinajstić information content (AvgIpc) is 2.05. The van der Waals surface area contributed by atoms with Crippen molar-refractivity contribution in [2.45, 2.75) is 13.8 Å². The maximum absolute atomic E-state index is 5.34. The van der Waals surface area contributed by atoms with Gasteiger partial charge in [0.1, 0.15) is 0 Å². The number of nitrogens with zero attached hydrogens (tertiary/aromatic N) is 1. The molecular weight excluding hydrogens is 150 g/mol. The van der Waals surface area contributed by atoms with E-state index in [-0.39, 0.29) is 0 Å². The summed E-state index contributed by atoms with van der Waals surface area (Å²) in [6.45, 7) is 4.75. The van der Waals surface area contributed by atoms with Gasteiger partial charge in [0.25, 0.3) is 0 Å². The van der Waals surface area contributed by atoms with Crippen molar-refractivity contribution in [2.24, 2.45) is 0 Å². The third kappa shape index (κ3) is 1.98. The number of hydrogen-bond acceptors (Lipinski definition) is 2. The van der Waals surface area contributed by atoms with Crippen LogP contribution in [0, 0.1) is 6.92 Å². The normalized spacial score (nSPS) is 9.92. The first-order valence-electron chi connectivity index (χ1n) is 4.18. The van der Waals surface area contributed by atoms with Gasteiger partial charge in [-0.2, -0.15) is 0 Å². The van der Waals surface area contributed by atoms with E-state index < -0.39 is 0 Å². The number of para-hydroxylation sites is 1. The molecule has 2 nitrogen and oxygen atoms in total. The SMILES string of the molecule is CCON(C)c1ccccc1C. The monoisotopic (exact) mass is 165 g/mol. The standard InChI is InChI=1S/C10H15NO/c1-4-12-11(3)10-8-6-5-7-9(10)2/h5-8H,4H2,1-3H3. The van der Waals surface area contributed by atoms with Crippen LogP contribution in [0.3, 0.4) is 0 Å². The van der Waals surface area contributed by atoms with Crippen molar-refractivity contribution < 1.29 is 4.84 Å². The van der Waals surface area contributed by atoms with Gasteiger partial charge in [-0.15, -0.1) is 0 Å². The maximum Gasteiger partial charge on any atom is 0.0720 e. The summed E-state index contributed by atoms with van der Waals surface area (Å²) in [5, 5.41) is 1.80. The van der Waals surface area contributed by atoms with E-state index >= 15 is 0 Å². The fourth-order valence-corrected chi connectivity index (χ4v) is 1.18. The van der Waals surface area contributed by atoms with Gasteiger partial charge < -0.3 is 0 Å². The molecule has 1 aromatic carbocycles. The van der Waals surface area contributed by atoms with E-state index in [1.807, 2.05) is 32.2 Å². The van der Waals surface area contributed by atoms with Crippen LogP contribution < -0.4 is 5.06 Å². The van der Waals surface area contributed by atoms with Crippen molar-refractivity contribution in [3.05, 3.63) is 29.8 Å². The number of hydroxylamine groups is 1. The zero-order chi connectivity index (χ0) is 8.97. The molecule has 0 saturated heterocycles. The molecule has 0 aliphatic heterocycles. The molecule has 2 heteroatoms. The van der Waals surface area contributed by atoms with Gasteiger partial charge in [-0.3, -0.25) is 9.90 Å². The zero-order valence-electron chi connectivity index (χ0n) is 7.87. The molecule has 0 aromatic heterocycles. The van der Waals surface area contributed by atoms with Crippen molar-refractivity contribution >= 4 is 5.69 Å². The highest BCUT2D eigenvalue weighted by molar-refractivity contribution is 5.50. The minimum atomic E-state index is 0.699. The minimum absolute atomic E-state index is 0.699. The number of aryl methyl sites for hydroxylation is 1. The van der Waals surface area contributed by atoms with Crippen LogP contribution in [0.5, 0.6) is 0 Å². The van der Waals surface area contributed by atoms with Crippen molar-refractivity contribution in [1.82, 2.24) is 0 Å². The topological polar surface area (TPSA) is 12.5 Å². The molecule has 0 atom stereocenters. The summed E-state index contributed by atoms with van der Waals surface area (Å²) >= 11 is 0. The third-order valence-corrected chi connectivity index (χ3v) is 1.78. The molecule has 1 aromatic rings. The quantitative estimate of drug-likeness (QED) is 0.637. The van der Waals surface area contributed by atoms with Gasteiger partial charge in [0.05, 0.1) is 12.3 Å². The summed E-state index contributed by atoms with van der Waals surface area (Å²) < 4.78 is 0. The summed E-state index contributed by atoms with van der Waals surface area (Å²) in [6.07, 6.45) is 0. The number of anilines is 1. The highest BCUT2D eigenvalue weighted by Crippen LogP contribution is 2.17. The summed E-state index contributed by atoms with van der Waals surface area (Å²) in [5.41, 5.74) is 2.35. The Morgan fingerprint density at radius 2 is 2.00 bits per heavy atom. The molecular formula is C10H15NO. The predicted octanol–water partition coefficient (Wildman–Crippen LogP) is 2.38. The maximum atomic E-state index is 5.34. The van der Waals surface area contributed by atoms with Gasteiger partial charge in [-0.1, -0.05) is 18.2 Å². The first-order chi connectivity index (χ1) is 5.75. The summed E-state index contributed by atoms with van der Waals surface area (Å²) in [5.74, 6) is 0. The Hall–Kier alpha value is -1.02. The average molecular weight is 165 g/mol. The van der Waals surface area contributed by atoms with Crippen LogP contribution in [-0.4, -0.2) is 13.7 Å². The molecule has 1 rings (SSSR count). The zero-order valence-corrected chi connectivity index (χ0v) is 7.87. The van der Waals surface area contributed by atoms with Gasteiger partial charge in [-0.25, -0.2) is 0 Å². The van der Waals surface area contributed by atoms with Gasteiger partial charge in [0, 0.05) is 7.05 Å². The van der Waals surface area contributed by atoms with Gasteiger partial charge in [0.2, 0.25) is 0 Å². The minimum Gasteiger partial charge on any atom is -0.274 e. The summed E-state index contributed by atoms with van der Waals surface area (Å²) in [4.78, 5) is 5.34. The van der Waals surface area contributed by atoms with Gasteiger partial charge in [0.15, 0.2) is 0 Å². The fraction of sp³-hybridized carbons (Fsp3) is 0.400. The van der Waals surface area contributed by atoms with Crippen LogP contribution in [0.25, 0.3) is 0 Å². The second-order valence-electron chi connectivity index (χ2n) is 2.70. The van der Waals surface area contributed by atoms with E-state index in [9.17, 15) is 0 Å². The Morgan fingerprint density at radius 3 is 2.58 bits per heavy atom. The second-order valence-corrected chi connectivity index (χ2v) is 2.70. The van der Waals surface area contributed by atoms with Crippen LogP contribution in [0.15, 0.2) is 24.3 Å². The highest BCUT2D eigenvalue weighted by Gasteiger charge is 2.01. The van der Waals surface area contributed by atoms with Crippen molar-refractivity contribution in [2.75, 3.05) is 18.7 Å². The van der Waals surface area contributed by atoms with E-state index in [0.29, 0.717) is 6.61 Å². The molecule has 12 heavy (non-hydrogen) atoms. The number of benzene rings is 1. The smallest absolute Gasteiger partial charge is 0.0720 e. The Labute approximate surface area is 73.7 Å². The van der Waals surface area contributed by atoms with Gasteiger partial charge in [-0.05, 0) is 25.5 Å². The van der Waals surface area contributed by atoms with Crippen LogP contribution in [0.1, 0.15) is 12.5 Å². The number of rotatable bonds is 3. The fourth-order valence-electron chi connectivity index (χ4n) is 1.18. The summed E-state index contributed by atoms with van der Waals surface area (Å²) in [7, 11) is 1.92. The molecule has 0 aliphatic rings. The molecule has 0 amide bonds. The molecule has 0 radical (unpaired) electrons. The van der Waals surface area contributed by atoms with E-state index in [2.05, 4.69) is 13.0 Å². The first kappa shape index (κ1) is 9.07. The molecule has 0 aliphatic carbocycles. The van der Waals surface area contributed by atoms with Crippen LogP contribution in [0.4, 0.5) is 5.69 Å². The molecule has 0 heterocycles. The van der Waals surface area contributed by atoms with E-state index in [1.54, 1.807) is 5.06 Å². The first-order valence-corrected chi connectivity index (χ1v) is 4.18. The van der Waals surface area contributed by atoms with Crippen LogP contribution in [0.2, 0.25) is 0 Å². The van der Waals surface area contributed by atoms with Crippen molar-refractivity contribution in [1.29, 1.82) is 0 Å². The Morgan fingerprint density at radius 1 is 1.33 bits per heavy atom. The molecule has 0 fully saturated rings. The lowest BCUT2D eigenvalue weighted by atomic mass is 10.2. The van der Waals surface area contributed by atoms with E-state index in [1.165, 1.54) is 5.56 Å². The second kappa shape index (κ2) is 4.12. The lowest BCUT2D eigenvalue weighted by Crippen LogP contribution is -2.18. The van der Waals surface area contributed by atoms with Crippen LogP contribution in [-0.2, 0) is 4.84 Å². The molecule has 0 N–H and O–H groups in total.